The van der Waals surface area contributed by atoms with Crippen LogP contribution in [-0.4, -0.2) is 45.4 Å². The molecule has 1 N–H and O–H groups in total. The SMILES string of the molecule is C=C[C@]12C[NH+](C)[C@@H]3[C@H]4CO[C@H](C[C@H]41)[C@]1(C(=O)N(OC)c4ccccc41)[C@@H]32.[Cl-]. The third-order valence-corrected chi connectivity index (χ3v) is 8.39. The predicted octanol–water partition coefficient (Wildman–Crippen LogP) is -2.43. The van der Waals surface area contributed by atoms with Crippen molar-refractivity contribution in [2.24, 2.45) is 23.2 Å². The number of quaternary nitrogens is 1. The van der Waals surface area contributed by atoms with Crippen molar-refractivity contribution in [3.8, 4) is 0 Å². The molecule has 0 aromatic heterocycles. The van der Waals surface area contributed by atoms with Crippen molar-refractivity contribution >= 4 is 11.6 Å². The molecule has 1 unspecified atom stereocenters. The molecule has 2 saturated heterocycles. The first kappa shape index (κ1) is 17.7. The number of halogens is 1. The number of hydrogen-bond acceptors (Lipinski definition) is 3. The summed E-state index contributed by atoms with van der Waals surface area (Å²) in [7, 11) is 3.87. The van der Waals surface area contributed by atoms with Crippen molar-refractivity contribution in [3.05, 3.63) is 42.5 Å². The van der Waals surface area contributed by atoms with Crippen LogP contribution in [0.4, 0.5) is 5.69 Å². The van der Waals surface area contributed by atoms with Gasteiger partial charge in [-0.05, 0) is 24.0 Å². The van der Waals surface area contributed by atoms with E-state index in [2.05, 4.69) is 25.8 Å². The number of nitrogens with zero attached hydrogens (tertiary/aromatic N) is 1. The number of nitrogens with one attached hydrogen (secondary N) is 1. The minimum absolute atomic E-state index is 0. The van der Waals surface area contributed by atoms with E-state index in [-0.39, 0.29) is 35.8 Å². The molecule has 1 aromatic rings. The molecule has 1 aromatic carbocycles. The molecule has 3 aliphatic heterocycles. The van der Waals surface area contributed by atoms with Gasteiger partial charge in [-0.15, -0.1) is 6.58 Å². The highest BCUT2D eigenvalue weighted by Gasteiger charge is 2.83. The van der Waals surface area contributed by atoms with Crippen LogP contribution < -0.4 is 22.4 Å². The van der Waals surface area contributed by atoms with Crippen LogP contribution in [0.5, 0.6) is 0 Å². The third-order valence-electron chi connectivity index (χ3n) is 8.39. The summed E-state index contributed by atoms with van der Waals surface area (Å²) in [5.41, 5.74) is 1.35. The Morgan fingerprint density at radius 3 is 2.93 bits per heavy atom. The number of fused-ring (bicyclic) bond motifs is 5. The van der Waals surface area contributed by atoms with Crippen molar-refractivity contribution in [2.75, 3.05) is 32.4 Å². The van der Waals surface area contributed by atoms with Gasteiger partial charge in [-0.2, -0.15) is 5.06 Å². The molecule has 2 saturated carbocycles. The van der Waals surface area contributed by atoms with Crippen molar-refractivity contribution in [1.82, 2.24) is 0 Å². The molecule has 5 aliphatic rings. The van der Waals surface area contributed by atoms with Crippen molar-refractivity contribution in [2.45, 2.75) is 24.0 Å². The summed E-state index contributed by atoms with van der Waals surface area (Å²) >= 11 is 0. The van der Waals surface area contributed by atoms with Gasteiger partial charge in [0.25, 0.3) is 5.91 Å². The van der Waals surface area contributed by atoms with Crippen LogP contribution in [0, 0.1) is 23.2 Å². The lowest BCUT2D eigenvalue weighted by atomic mass is 9.51. The van der Waals surface area contributed by atoms with E-state index in [4.69, 9.17) is 9.57 Å². The number of likely N-dealkylation sites (tertiary alicyclic amines) is 1. The maximum atomic E-state index is 13.9. The normalized spacial score (nSPS) is 48.1. The first-order valence-electron chi connectivity index (χ1n) is 9.67. The number of rotatable bonds is 2. The average molecular weight is 389 g/mol. The first-order chi connectivity index (χ1) is 12.6. The molecule has 5 nitrogen and oxygen atoms in total. The Morgan fingerprint density at radius 1 is 1.41 bits per heavy atom. The van der Waals surface area contributed by atoms with E-state index in [9.17, 15) is 4.79 Å². The largest absolute Gasteiger partial charge is 1.00 e. The Morgan fingerprint density at radius 2 is 2.19 bits per heavy atom. The van der Waals surface area contributed by atoms with Crippen LogP contribution in [-0.2, 0) is 19.8 Å². The molecule has 2 aliphatic carbocycles. The number of hydroxylamine groups is 1. The fourth-order valence-electron chi connectivity index (χ4n) is 7.85. The van der Waals surface area contributed by atoms with Crippen LogP contribution in [0.15, 0.2) is 36.9 Å². The number of piperidine rings is 1. The van der Waals surface area contributed by atoms with Crippen LogP contribution in [0.3, 0.4) is 0 Å². The smallest absolute Gasteiger partial charge is 0.264 e. The standard InChI is InChI=1S/C21H24N2O3.ClH/c1-4-20-11-22(2)17-12-10-26-16(9-14(12)20)21(18(17)20)13-7-5-6-8-15(13)23(25-3)19(21)24;/h4-8,12,14,16-18H,1,9-11H2,2-3H3;1H/t12-,14+,16+,17+,18-,20-,21-;/m0./s1. The molecule has 6 rings (SSSR count). The summed E-state index contributed by atoms with van der Waals surface area (Å²) in [6.07, 6.45) is 3.08. The van der Waals surface area contributed by atoms with Crippen molar-refractivity contribution in [1.29, 1.82) is 0 Å². The third kappa shape index (κ3) is 1.60. The summed E-state index contributed by atoms with van der Waals surface area (Å²) in [6.45, 7) is 6.12. The maximum Gasteiger partial charge on any atom is 0.264 e. The average Bonchev–Trinajstić information content (AvgIpc) is 3.13. The minimum Gasteiger partial charge on any atom is -1.00 e. The quantitative estimate of drug-likeness (QED) is 0.573. The summed E-state index contributed by atoms with van der Waals surface area (Å²) in [5.74, 6) is 1.42. The van der Waals surface area contributed by atoms with Gasteiger partial charge in [0.2, 0.25) is 0 Å². The number of amides is 1. The molecular weight excluding hydrogens is 364 g/mol. The van der Waals surface area contributed by atoms with Gasteiger partial charge in [0, 0.05) is 11.8 Å². The van der Waals surface area contributed by atoms with Crippen LogP contribution in [0.1, 0.15) is 12.0 Å². The maximum absolute atomic E-state index is 13.9. The molecule has 5 bridgehead atoms. The fourth-order valence-corrected chi connectivity index (χ4v) is 7.85. The van der Waals surface area contributed by atoms with E-state index in [1.807, 2.05) is 18.2 Å². The second kappa shape index (κ2) is 5.35. The minimum atomic E-state index is -0.648. The monoisotopic (exact) mass is 388 g/mol. The highest BCUT2D eigenvalue weighted by molar-refractivity contribution is 6.08. The van der Waals surface area contributed by atoms with Gasteiger partial charge in [0.05, 0.1) is 50.6 Å². The zero-order valence-electron chi connectivity index (χ0n) is 15.7. The predicted molar refractivity (Wildman–Crippen MR) is 95.6 cm³/mol. The van der Waals surface area contributed by atoms with E-state index < -0.39 is 5.41 Å². The Labute approximate surface area is 165 Å². The lowest BCUT2D eigenvalue weighted by Crippen LogP contribution is -3.13. The number of carbonyl (C=O) groups is 1. The van der Waals surface area contributed by atoms with Crippen molar-refractivity contribution < 1.29 is 31.7 Å². The molecule has 6 heteroatoms. The van der Waals surface area contributed by atoms with Gasteiger partial charge < -0.3 is 22.0 Å². The van der Waals surface area contributed by atoms with Gasteiger partial charge in [-0.3, -0.25) is 9.63 Å². The van der Waals surface area contributed by atoms with E-state index in [1.54, 1.807) is 7.11 Å². The molecular formula is C21H25ClN2O3. The molecule has 1 amide bonds. The molecule has 8 atom stereocenters. The zero-order chi connectivity index (χ0) is 17.8. The molecule has 27 heavy (non-hydrogen) atoms. The number of hydrogen-bond donors (Lipinski definition) is 1. The molecule has 4 fully saturated rings. The second-order valence-electron chi connectivity index (χ2n) is 8.84. The van der Waals surface area contributed by atoms with E-state index >= 15 is 0 Å². The molecule has 3 heterocycles. The van der Waals surface area contributed by atoms with Gasteiger partial charge in [-0.1, -0.05) is 24.3 Å². The van der Waals surface area contributed by atoms with Gasteiger partial charge in [0.15, 0.2) is 0 Å². The number of ether oxygens (including phenoxy) is 1. The highest BCUT2D eigenvalue weighted by atomic mass is 35.5. The summed E-state index contributed by atoms with van der Waals surface area (Å²) < 4.78 is 6.40. The van der Waals surface area contributed by atoms with Gasteiger partial charge >= 0.3 is 0 Å². The Bertz CT molecular complexity index is 846. The van der Waals surface area contributed by atoms with Crippen molar-refractivity contribution in [3.63, 3.8) is 0 Å². The second-order valence-corrected chi connectivity index (χ2v) is 8.84. The number of benzene rings is 1. The Hall–Kier alpha value is -1.40. The number of para-hydroxylation sites is 1. The molecule has 144 valence electrons. The van der Waals surface area contributed by atoms with Gasteiger partial charge in [-0.25, -0.2) is 0 Å². The number of carbonyl (C=O) groups excluding carboxylic acids is 1. The van der Waals surface area contributed by atoms with E-state index in [0.717, 1.165) is 30.8 Å². The molecule has 0 radical (unpaired) electrons. The Balaban J connectivity index is 0.00000160. The zero-order valence-corrected chi connectivity index (χ0v) is 16.4. The fraction of sp³-hybridized carbons (Fsp3) is 0.571. The van der Waals surface area contributed by atoms with E-state index in [1.165, 1.54) is 9.96 Å². The first-order valence-corrected chi connectivity index (χ1v) is 9.67. The topological polar surface area (TPSA) is 43.2 Å². The lowest BCUT2D eigenvalue weighted by Gasteiger charge is -2.53. The van der Waals surface area contributed by atoms with Crippen LogP contribution in [0.25, 0.3) is 0 Å². The van der Waals surface area contributed by atoms with E-state index in [0.29, 0.717) is 17.9 Å². The number of anilines is 1. The van der Waals surface area contributed by atoms with Crippen LogP contribution in [0.2, 0.25) is 0 Å². The Kier molecular flexibility index (Phi) is 3.50. The lowest BCUT2D eigenvalue weighted by molar-refractivity contribution is -0.906. The summed E-state index contributed by atoms with van der Waals surface area (Å²) in [6, 6.07) is 8.58. The highest BCUT2D eigenvalue weighted by Crippen LogP contribution is 2.71. The summed E-state index contributed by atoms with van der Waals surface area (Å²) in [5, 5.41) is 1.51. The van der Waals surface area contributed by atoms with Crippen LogP contribution >= 0.6 is 0 Å². The molecule has 1 spiro atoms. The van der Waals surface area contributed by atoms with Gasteiger partial charge in [0.1, 0.15) is 5.41 Å². The summed E-state index contributed by atoms with van der Waals surface area (Å²) in [4.78, 5) is 21.0.